The number of hydrogen-bond acceptors (Lipinski definition) is 12. The van der Waals surface area contributed by atoms with Crippen LogP contribution < -0.4 is 19.3 Å². The molecule has 10 rings (SSSR count). The standard InChI is InChI=1S/C56H59Cl2F4N3O11S/c1-6-31-28-54(2,3)63-14-7-9-33-48(63)35(31)25-37-50(33)76-51-34-10-8-15-64-49(34)36(32(29-55(64,4)5)30-77(68,69)70)26-38(51)56(37)45-40(58)12-11-39(57)44(45)53(67)65(56)16-18-72-20-22-74-24-23-73-21-19-71-17-13-43(66)75-52-46(61)41(59)27-42(60)47(52)62/h11-12,25-29H,6-10,13-24,30H2,1-5H3,(H,68,69,70). The molecule has 1 spiro atoms. The highest BCUT2D eigenvalue weighted by Gasteiger charge is 2.60. The van der Waals surface area contributed by atoms with Gasteiger partial charge in [0.1, 0.15) is 22.8 Å². The number of nitrogens with zero attached hydrogens (tertiary/aromatic N) is 3. The molecule has 6 heterocycles. The molecule has 4 aromatic carbocycles. The average molecular weight is 1130 g/mol. The minimum Gasteiger partial charge on any atom is -0.456 e. The molecule has 0 aromatic heterocycles. The number of hydrogen-bond donors (Lipinski definition) is 1. The average Bonchev–Trinajstić information content (AvgIpc) is 3.64. The first-order chi connectivity index (χ1) is 36.6. The second-order valence-corrected chi connectivity index (χ2v) is 23.3. The molecule has 0 bridgehead atoms. The van der Waals surface area contributed by atoms with E-state index in [0.717, 1.165) is 59.4 Å². The number of fused-ring (bicyclic) bond motifs is 8. The molecule has 0 aliphatic carbocycles. The van der Waals surface area contributed by atoms with Crippen LogP contribution in [0.2, 0.25) is 10.0 Å². The Morgan fingerprint density at radius 2 is 1.22 bits per heavy atom. The highest BCUT2D eigenvalue weighted by atomic mass is 35.5. The molecule has 412 valence electrons. The number of allylic oxidation sites excluding steroid dienone is 1. The van der Waals surface area contributed by atoms with Crippen LogP contribution in [0.1, 0.15) is 110 Å². The lowest BCUT2D eigenvalue weighted by atomic mass is 9.69. The largest absolute Gasteiger partial charge is 0.456 e. The summed E-state index contributed by atoms with van der Waals surface area (Å²) in [4.78, 5) is 34.0. The number of carbonyl (C=O) groups excluding carboxylic acids is 2. The Bertz CT molecular complexity index is 3250. The van der Waals surface area contributed by atoms with Crippen LogP contribution in [0.3, 0.4) is 0 Å². The van der Waals surface area contributed by atoms with Crippen LogP contribution in [0.5, 0.6) is 17.2 Å². The fourth-order valence-corrected chi connectivity index (χ4v) is 13.4. The van der Waals surface area contributed by atoms with Gasteiger partial charge in [0.05, 0.1) is 92.3 Å². The Kier molecular flexibility index (Phi) is 15.1. The molecule has 1 N–H and O–H groups in total. The molecule has 1 atom stereocenters. The summed E-state index contributed by atoms with van der Waals surface area (Å²) >= 11 is 14.6. The lowest BCUT2D eigenvalue weighted by molar-refractivity contribution is -0.136. The maximum Gasteiger partial charge on any atom is 0.313 e. The van der Waals surface area contributed by atoms with E-state index in [4.69, 9.17) is 46.9 Å². The Balaban J connectivity index is 0.911. The summed E-state index contributed by atoms with van der Waals surface area (Å²) in [6.45, 7) is 12.9. The van der Waals surface area contributed by atoms with Gasteiger partial charge >= 0.3 is 5.97 Å². The molecule has 0 radical (unpaired) electrons. The van der Waals surface area contributed by atoms with Gasteiger partial charge in [0, 0.05) is 69.7 Å². The third kappa shape index (κ3) is 9.69. The number of benzene rings is 4. The van der Waals surface area contributed by atoms with Crippen molar-refractivity contribution in [1.29, 1.82) is 0 Å². The molecule has 6 aliphatic heterocycles. The monoisotopic (exact) mass is 1130 g/mol. The first kappa shape index (κ1) is 55.1. The SMILES string of the molecule is CCC1=CC(C)(C)N2CCCc3c4c(cc1c32)C1(c2cc3c5c(c2O4)CCCN5C(C)(C)C=C3CS(=O)(=O)O)c2c(Cl)ccc(Cl)c2C(=O)N1CCOCCOCCOCCOCCC(=O)Oc1c(F)c(F)cc(F)c1F. The highest BCUT2D eigenvalue weighted by Crippen LogP contribution is 2.65. The van der Waals surface area contributed by atoms with Crippen molar-refractivity contribution in [3.63, 3.8) is 0 Å². The Morgan fingerprint density at radius 1 is 0.727 bits per heavy atom. The van der Waals surface area contributed by atoms with Gasteiger partial charge in [0.15, 0.2) is 11.6 Å². The van der Waals surface area contributed by atoms with Crippen molar-refractivity contribution < 1.29 is 68.5 Å². The second kappa shape index (κ2) is 21.1. The molecule has 14 nitrogen and oxygen atoms in total. The quantitative estimate of drug-likeness (QED) is 0.0237. The fourth-order valence-electron chi connectivity index (χ4n) is 12.2. The van der Waals surface area contributed by atoms with E-state index in [2.05, 4.69) is 47.5 Å². The Labute approximate surface area is 454 Å². The predicted molar refractivity (Wildman–Crippen MR) is 282 cm³/mol. The summed E-state index contributed by atoms with van der Waals surface area (Å²) in [7, 11) is -4.51. The van der Waals surface area contributed by atoms with Gasteiger partial charge in [-0.15, -0.1) is 0 Å². The van der Waals surface area contributed by atoms with Crippen molar-refractivity contribution in [1.82, 2.24) is 4.90 Å². The molecule has 0 fully saturated rings. The topological polar surface area (TPSA) is 154 Å². The van der Waals surface area contributed by atoms with Gasteiger partial charge in [0.2, 0.25) is 17.4 Å². The highest BCUT2D eigenvalue weighted by molar-refractivity contribution is 7.86. The van der Waals surface area contributed by atoms with E-state index in [9.17, 15) is 35.3 Å². The molecule has 77 heavy (non-hydrogen) atoms. The predicted octanol–water partition coefficient (Wildman–Crippen LogP) is 10.6. The maximum absolute atomic E-state index is 15.5. The van der Waals surface area contributed by atoms with Gasteiger partial charge in [-0.2, -0.15) is 17.2 Å². The summed E-state index contributed by atoms with van der Waals surface area (Å²) < 4.78 is 125. The number of anilines is 2. The van der Waals surface area contributed by atoms with Crippen molar-refractivity contribution in [3.8, 4) is 17.2 Å². The third-order valence-electron chi connectivity index (χ3n) is 15.3. The fraction of sp³-hybridized carbons (Fsp3) is 0.464. The first-order valence-corrected chi connectivity index (χ1v) is 28.2. The van der Waals surface area contributed by atoms with Crippen molar-refractivity contribution in [3.05, 3.63) is 120 Å². The van der Waals surface area contributed by atoms with Crippen LogP contribution in [0.25, 0.3) is 11.1 Å². The zero-order valence-electron chi connectivity index (χ0n) is 43.3. The second-order valence-electron chi connectivity index (χ2n) is 21.0. The molecule has 0 saturated carbocycles. The molecular weight excluding hydrogens is 1070 g/mol. The zero-order valence-corrected chi connectivity index (χ0v) is 45.6. The van der Waals surface area contributed by atoms with Crippen LogP contribution in [0.15, 0.2) is 42.5 Å². The summed E-state index contributed by atoms with van der Waals surface area (Å²) in [5.74, 6) is -9.46. The van der Waals surface area contributed by atoms with Crippen LogP contribution in [-0.2, 0) is 52.2 Å². The summed E-state index contributed by atoms with van der Waals surface area (Å²) in [6, 6.07) is 7.44. The normalized spacial score (nSPS) is 19.3. The van der Waals surface area contributed by atoms with Crippen molar-refractivity contribution in [2.24, 2.45) is 0 Å². The number of carbonyl (C=O) groups is 2. The third-order valence-corrected chi connectivity index (χ3v) is 16.6. The van der Waals surface area contributed by atoms with Crippen molar-refractivity contribution >= 4 is 67.7 Å². The summed E-state index contributed by atoms with van der Waals surface area (Å²) in [5, 5.41) is 0.522. The van der Waals surface area contributed by atoms with E-state index >= 15 is 4.79 Å². The molecule has 4 aromatic rings. The van der Waals surface area contributed by atoms with Gasteiger partial charge in [-0.25, -0.2) is 8.78 Å². The Hall–Kier alpha value is -5.25. The van der Waals surface area contributed by atoms with E-state index in [1.54, 1.807) is 17.0 Å². The number of amides is 1. The zero-order chi connectivity index (χ0) is 54.9. The van der Waals surface area contributed by atoms with Gasteiger partial charge in [0.25, 0.3) is 16.0 Å². The lowest BCUT2D eigenvalue weighted by Gasteiger charge is -2.52. The number of ether oxygens (including phenoxy) is 6. The van der Waals surface area contributed by atoms with Crippen LogP contribution in [0, 0.1) is 23.3 Å². The number of rotatable bonds is 19. The van der Waals surface area contributed by atoms with E-state index in [-0.39, 0.29) is 87.5 Å². The lowest BCUT2D eigenvalue weighted by Crippen LogP contribution is -2.51. The van der Waals surface area contributed by atoms with Gasteiger partial charge in [-0.05, 0) is 95.2 Å². The van der Waals surface area contributed by atoms with Gasteiger partial charge < -0.3 is 43.1 Å². The number of esters is 1. The maximum atomic E-state index is 15.5. The van der Waals surface area contributed by atoms with Crippen LogP contribution >= 0.6 is 23.2 Å². The van der Waals surface area contributed by atoms with E-state index < -0.39 is 68.4 Å². The Morgan fingerprint density at radius 3 is 1.75 bits per heavy atom. The minimum absolute atomic E-state index is 0.00892. The smallest absolute Gasteiger partial charge is 0.313 e. The van der Waals surface area contributed by atoms with E-state index in [0.29, 0.717) is 63.7 Å². The van der Waals surface area contributed by atoms with Gasteiger partial charge in [-0.1, -0.05) is 42.3 Å². The molecule has 6 aliphatic rings. The summed E-state index contributed by atoms with van der Waals surface area (Å²) in [6.07, 6.45) is 7.45. The molecule has 0 saturated heterocycles. The first-order valence-electron chi connectivity index (χ1n) is 25.8. The molecular formula is C56H59Cl2F4N3O11S. The van der Waals surface area contributed by atoms with Crippen molar-refractivity contribution in [2.75, 3.05) is 88.0 Å². The van der Waals surface area contributed by atoms with Crippen molar-refractivity contribution in [2.45, 2.75) is 89.8 Å². The van der Waals surface area contributed by atoms with E-state index in [1.165, 1.54) is 0 Å². The van der Waals surface area contributed by atoms with Crippen LogP contribution in [0.4, 0.5) is 28.9 Å². The molecule has 21 heteroatoms. The van der Waals surface area contributed by atoms with Gasteiger partial charge in [-0.3, -0.25) is 14.1 Å². The minimum atomic E-state index is -4.51. The number of halogens is 6. The molecule has 1 amide bonds. The van der Waals surface area contributed by atoms with Crippen LogP contribution in [-0.4, -0.2) is 119 Å². The molecule has 1 unspecified atom stereocenters. The summed E-state index contributed by atoms with van der Waals surface area (Å²) in [5.41, 5.74) is 6.71. The van der Waals surface area contributed by atoms with E-state index in [1.807, 2.05) is 26.0 Å².